The first-order valence-electron chi connectivity index (χ1n) is 8.32. The SMILES string of the molecule is Nc1nc2c(c(C(=O)NCCCc3ccccc3F)n1)CCCC2. The number of nitrogens with zero attached hydrogens (tertiary/aromatic N) is 2. The number of nitrogens with two attached hydrogens (primary N) is 1. The molecular formula is C18H21FN4O. The van der Waals surface area contributed by atoms with Crippen LogP contribution in [0.5, 0.6) is 0 Å². The predicted octanol–water partition coefficient (Wildman–Crippen LogP) is 2.44. The van der Waals surface area contributed by atoms with Crippen LogP contribution in [0.1, 0.15) is 46.6 Å². The van der Waals surface area contributed by atoms with Crippen molar-refractivity contribution < 1.29 is 9.18 Å². The number of nitrogens with one attached hydrogen (secondary N) is 1. The molecule has 3 rings (SSSR count). The van der Waals surface area contributed by atoms with Gasteiger partial charge in [-0.1, -0.05) is 18.2 Å². The highest BCUT2D eigenvalue weighted by Crippen LogP contribution is 2.22. The van der Waals surface area contributed by atoms with Gasteiger partial charge in [-0.25, -0.2) is 14.4 Å². The summed E-state index contributed by atoms with van der Waals surface area (Å²) in [6.07, 6.45) is 5.00. The molecule has 5 nitrogen and oxygen atoms in total. The molecule has 1 aromatic carbocycles. The number of carbonyl (C=O) groups excluding carboxylic acids is 1. The van der Waals surface area contributed by atoms with Crippen LogP contribution in [-0.2, 0) is 19.3 Å². The third-order valence-corrected chi connectivity index (χ3v) is 4.28. The van der Waals surface area contributed by atoms with Crippen LogP contribution in [-0.4, -0.2) is 22.4 Å². The largest absolute Gasteiger partial charge is 0.368 e. The van der Waals surface area contributed by atoms with Gasteiger partial charge in [0.15, 0.2) is 0 Å². The number of rotatable bonds is 5. The summed E-state index contributed by atoms with van der Waals surface area (Å²) in [5, 5.41) is 2.86. The number of nitrogen functional groups attached to an aromatic ring is 1. The Hall–Kier alpha value is -2.50. The summed E-state index contributed by atoms with van der Waals surface area (Å²) in [5.41, 5.74) is 8.59. The van der Waals surface area contributed by atoms with Gasteiger partial charge in [-0.15, -0.1) is 0 Å². The van der Waals surface area contributed by atoms with Crippen LogP contribution >= 0.6 is 0 Å². The summed E-state index contributed by atoms with van der Waals surface area (Å²) >= 11 is 0. The fourth-order valence-corrected chi connectivity index (χ4v) is 3.07. The third-order valence-electron chi connectivity index (χ3n) is 4.28. The Kier molecular flexibility index (Phi) is 5.03. The van der Waals surface area contributed by atoms with E-state index >= 15 is 0 Å². The summed E-state index contributed by atoms with van der Waals surface area (Å²) in [5.74, 6) is -0.288. The Morgan fingerprint density at radius 3 is 2.83 bits per heavy atom. The molecule has 0 aliphatic heterocycles. The molecule has 1 heterocycles. The Labute approximate surface area is 140 Å². The van der Waals surface area contributed by atoms with Crippen molar-refractivity contribution in [1.29, 1.82) is 0 Å². The van der Waals surface area contributed by atoms with Gasteiger partial charge in [-0.05, 0) is 50.2 Å². The summed E-state index contributed by atoms with van der Waals surface area (Å²) in [4.78, 5) is 20.8. The van der Waals surface area contributed by atoms with Gasteiger partial charge in [-0.3, -0.25) is 4.79 Å². The summed E-state index contributed by atoms with van der Waals surface area (Å²) in [6.45, 7) is 0.464. The van der Waals surface area contributed by atoms with E-state index in [0.29, 0.717) is 30.6 Å². The fourth-order valence-electron chi connectivity index (χ4n) is 3.07. The zero-order valence-corrected chi connectivity index (χ0v) is 13.5. The van der Waals surface area contributed by atoms with Crippen molar-refractivity contribution in [2.24, 2.45) is 0 Å². The second-order valence-electron chi connectivity index (χ2n) is 6.01. The highest BCUT2D eigenvalue weighted by Gasteiger charge is 2.21. The van der Waals surface area contributed by atoms with Crippen LogP contribution in [0, 0.1) is 5.82 Å². The average Bonchev–Trinajstić information content (AvgIpc) is 2.59. The van der Waals surface area contributed by atoms with E-state index in [1.165, 1.54) is 6.07 Å². The van der Waals surface area contributed by atoms with Gasteiger partial charge in [0.25, 0.3) is 5.91 Å². The average molecular weight is 328 g/mol. The van der Waals surface area contributed by atoms with Crippen LogP contribution < -0.4 is 11.1 Å². The smallest absolute Gasteiger partial charge is 0.270 e. The summed E-state index contributed by atoms with van der Waals surface area (Å²) in [6, 6.07) is 6.69. The Morgan fingerprint density at radius 1 is 1.21 bits per heavy atom. The van der Waals surface area contributed by atoms with Gasteiger partial charge in [0.1, 0.15) is 11.5 Å². The topological polar surface area (TPSA) is 80.9 Å². The molecule has 0 unspecified atom stereocenters. The standard InChI is InChI=1S/C18H21FN4O/c19-14-9-3-1-6-12(14)7-5-11-21-17(24)16-13-8-2-4-10-15(13)22-18(20)23-16/h1,3,6,9H,2,4-5,7-8,10-11H2,(H,21,24)(H2,20,22,23). The predicted molar refractivity (Wildman–Crippen MR) is 90.1 cm³/mol. The van der Waals surface area contributed by atoms with Crippen molar-refractivity contribution in [3.8, 4) is 0 Å². The molecule has 1 aliphatic carbocycles. The highest BCUT2D eigenvalue weighted by atomic mass is 19.1. The molecule has 1 aromatic heterocycles. The van der Waals surface area contributed by atoms with Gasteiger partial charge in [-0.2, -0.15) is 0 Å². The van der Waals surface area contributed by atoms with E-state index in [-0.39, 0.29) is 17.7 Å². The van der Waals surface area contributed by atoms with Gasteiger partial charge < -0.3 is 11.1 Å². The van der Waals surface area contributed by atoms with E-state index in [1.807, 2.05) is 6.07 Å². The summed E-state index contributed by atoms with van der Waals surface area (Å²) in [7, 11) is 0. The number of fused-ring (bicyclic) bond motifs is 1. The number of carbonyl (C=O) groups is 1. The Balaban J connectivity index is 1.60. The van der Waals surface area contributed by atoms with Crippen LogP contribution in [0.25, 0.3) is 0 Å². The van der Waals surface area contributed by atoms with Gasteiger partial charge in [0, 0.05) is 17.8 Å². The zero-order chi connectivity index (χ0) is 16.9. The number of halogens is 1. The fraction of sp³-hybridized carbons (Fsp3) is 0.389. The molecule has 1 amide bonds. The van der Waals surface area contributed by atoms with Gasteiger partial charge >= 0.3 is 0 Å². The second-order valence-corrected chi connectivity index (χ2v) is 6.01. The third kappa shape index (κ3) is 3.69. The van der Waals surface area contributed by atoms with Crippen LogP contribution in [0.4, 0.5) is 10.3 Å². The minimum atomic E-state index is -0.226. The Morgan fingerprint density at radius 2 is 2.00 bits per heavy atom. The molecule has 1 aliphatic rings. The number of benzene rings is 1. The first-order valence-corrected chi connectivity index (χ1v) is 8.32. The zero-order valence-electron chi connectivity index (χ0n) is 13.5. The van der Waals surface area contributed by atoms with E-state index in [4.69, 9.17) is 5.73 Å². The molecule has 0 bridgehead atoms. The number of hydrogen-bond acceptors (Lipinski definition) is 4. The normalized spacial score (nSPS) is 13.4. The van der Waals surface area contributed by atoms with E-state index in [2.05, 4.69) is 15.3 Å². The van der Waals surface area contributed by atoms with Crippen molar-refractivity contribution in [3.05, 3.63) is 52.6 Å². The van der Waals surface area contributed by atoms with Crippen molar-refractivity contribution in [3.63, 3.8) is 0 Å². The molecule has 0 spiro atoms. The maximum Gasteiger partial charge on any atom is 0.270 e. The molecule has 0 atom stereocenters. The number of anilines is 1. The van der Waals surface area contributed by atoms with Crippen molar-refractivity contribution >= 4 is 11.9 Å². The van der Waals surface area contributed by atoms with E-state index in [1.54, 1.807) is 12.1 Å². The number of aryl methyl sites for hydroxylation is 2. The lowest BCUT2D eigenvalue weighted by Gasteiger charge is -2.17. The quantitative estimate of drug-likeness (QED) is 0.826. The van der Waals surface area contributed by atoms with Gasteiger partial charge in [0.2, 0.25) is 5.95 Å². The molecule has 0 saturated heterocycles. The molecule has 3 N–H and O–H groups in total. The maximum atomic E-state index is 13.6. The number of amides is 1. The number of hydrogen-bond donors (Lipinski definition) is 2. The first-order chi connectivity index (χ1) is 11.6. The summed E-state index contributed by atoms with van der Waals surface area (Å²) < 4.78 is 13.6. The van der Waals surface area contributed by atoms with Crippen molar-refractivity contribution in [2.45, 2.75) is 38.5 Å². The van der Waals surface area contributed by atoms with Crippen molar-refractivity contribution in [1.82, 2.24) is 15.3 Å². The molecule has 126 valence electrons. The monoisotopic (exact) mass is 328 g/mol. The number of aromatic nitrogens is 2. The molecule has 0 saturated carbocycles. The van der Waals surface area contributed by atoms with E-state index in [9.17, 15) is 9.18 Å². The van der Waals surface area contributed by atoms with E-state index < -0.39 is 0 Å². The van der Waals surface area contributed by atoms with E-state index in [0.717, 1.165) is 36.9 Å². The van der Waals surface area contributed by atoms with Crippen LogP contribution in [0.2, 0.25) is 0 Å². The first kappa shape index (κ1) is 16.4. The molecule has 24 heavy (non-hydrogen) atoms. The van der Waals surface area contributed by atoms with Crippen molar-refractivity contribution in [2.75, 3.05) is 12.3 Å². The van der Waals surface area contributed by atoms with Crippen LogP contribution in [0.3, 0.4) is 0 Å². The molecule has 6 heteroatoms. The van der Waals surface area contributed by atoms with Gasteiger partial charge in [0.05, 0.1) is 0 Å². The van der Waals surface area contributed by atoms with Crippen LogP contribution in [0.15, 0.2) is 24.3 Å². The lowest BCUT2D eigenvalue weighted by atomic mass is 9.94. The highest BCUT2D eigenvalue weighted by molar-refractivity contribution is 5.94. The molecular weight excluding hydrogens is 307 g/mol. The Bertz CT molecular complexity index is 748. The molecule has 0 radical (unpaired) electrons. The maximum absolute atomic E-state index is 13.6. The molecule has 2 aromatic rings. The lowest BCUT2D eigenvalue weighted by molar-refractivity contribution is 0.0946. The molecule has 0 fully saturated rings. The minimum Gasteiger partial charge on any atom is -0.368 e. The lowest BCUT2D eigenvalue weighted by Crippen LogP contribution is -2.29. The second kappa shape index (κ2) is 7.38. The minimum absolute atomic E-state index is 0.146.